The second-order valence-corrected chi connectivity index (χ2v) is 5.37. The molecule has 1 heterocycles. The van der Waals surface area contributed by atoms with E-state index in [0.29, 0.717) is 24.6 Å². The average molecular weight is 339 g/mol. The summed E-state index contributed by atoms with van der Waals surface area (Å²) in [6, 6.07) is 15.1. The molecule has 25 heavy (non-hydrogen) atoms. The molecular weight excluding hydrogens is 321 g/mol. The SMILES string of the molecule is CCOCc1ccccc1NC(=O)c1ccn(-c2cccc(F)c2)n1. The maximum absolute atomic E-state index is 13.3. The van der Waals surface area contributed by atoms with Crippen molar-refractivity contribution in [2.24, 2.45) is 0 Å². The van der Waals surface area contributed by atoms with Gasteiger partial charge in [0.1, 0.15) is 5.82 Å². The van der Waals surface area contributed by atoms with Gasteiger partial charge in [-0.05, 0) is 37.3 Å². The molecule has 0 spiro atoms. The van der Waals surface area contributed by atoms with Crippen molar-refractivity contribution in [2.75, 3.05) is 11.9 Å². The molecule has 1 aromatic heterocycles. The Morgan fingerprint density at radius 3 is 2.84 bits per heavy atom. The van der Waals surface area contributed by atoms with Crippen LogP contribution in [0.1, 0.15) is 23.0 Å². The highest BCUT2D eigenvalue weighted by molar-refractivity contribution is 6.03. The fourth-order valence-electron chi connectivity index (χ4n) is 2.37. The third-order valence-corrected chi connectivity index (χ3v) is 3.62. The number of halogens is 1. The Labute approximate surface area is 145 Å². The molecule has 0 aliphatic carbocycles. The van der Waals surface area contributed by atoms with Crippen molar-refractivity contribution < 1.29 is 13.9 Å². The summed E-state index contributed by atoms with van der Waals surface area (Å²) < 4.78 is 20.2. The molecule has 2 aromatic carbocycles. The van der Waals surface area contributed by atoms with Crippen LogP contribution in [0, 0.1) is 5.82 Å². The van der Waals surface area contributed by atoms with Gasteiger partial charge in [0.2, 0.25) is 0 Å². The lowest BCUT2D eigenvalue weighted by Crippen LogP contribution is -2.14. The van der Waals surface area contributed by atoms with E-state index in [-0.39, 0.29) is 17.4 Å². The zero-order chi connectivity index (χ0) is 17.6. The van der Waals surface area contributed by atoms with Crippen LogP contribution in [-0.2, 0) is 11.3 Å². The van der Waals surface area contributed by atoms with Crippen LogP contribution in [-0.4, -0.2) is 22.3 Å². The zero-order valence-corrected chi connectivity index (χ0v) is 13.8. The summed E-state index contributed by atoms with van der Waals surface area (Å²) in [6.45, 7) is 2.94. The number of nitrogens with zero attached hydrogens (tertiary/aromatic N) is 2. The highest BCUT2D eigenvalue weighted by Gasteiger charge is 2.12. The van der Waals surface area contributed by atoms with E-state index in [1.165, 1.54) is 16.8 Å². The predicted molar refractivity (Wildman–Crippen MR) is 93.2 cm³/mol. The van der Waals surface area contributed by atoms with E-state index in [9.17, 15) is 9.18 Å². The molecule has 1 amide bonds. The molecule has 0 bridgehead atoms. The number of rotatable bonds is 6. The third-order valence-electron chi connectivity index (χ3n) is 3.62. The van der Waals surface area contributed by atoms with Crippen LogP contribution in [0.25, 0.3) is 5.69 Å². The van der Waals surface area contributed by atoms with E-state index >= 15 is 0 Å². The van der Waals surface area contributed by atoms with Crippen LogP contribution in [0.3, 0.4) is 0 Å². The Balaban J connectivity index is 1.77. The molecule has 0 atom stereocenters. The summed E-state index contributed by atoms with van der Waals surface area (Å²) in [5.41, 5.74) is 2.37. The number of hydrogen-bond acceptors (Lipinski definition) is 3. The minimum absolute atomic E-state index is 0.246. The van der Waals surface area contributed by atoms with Crippen molar-refractivity contribution in [1.82, 2.24) is 9.78 Å². The Morgan fingerprint density at radius 2 is 2.04 bits per heavy atom. The van der Waals surface area contributed by atoms with Crippen LogP contribution in [0.15, 0.2) is 60.8 Å². The minimum Gasteiger partial charge on any atom is -0.377 e. The average Bonchev–Trinajstić information content (AvgIpc) is 3.11. The standard InChI is InChI=1S/C19H18FN3O2/c1-2-25-13-14-6-3-4-9-17(14)21-19(24)18-10-11-23(22-18)16-8-5-7-15(20)12-16/h3-12H,2,13H2,1H3,(H,21,24). The molecule has 0 saturated carbocycles. The van der Waals surface area contributed by atoms with Crippen molar-refractivity contribution >= 4 is 11.6 Å². The largest absolute Gasteiger partial charge is 0.377 e. The second kappa shape index (κ2) is 7.72. The van der Waals surface area contributed by atoms with Gasteiger partial charge in [0, 0.05) is 24.1 Å². The van der Waals surface area contributed by atoms with Gasteiger partial charge in [0.05, 0.1) is 12.3 Å². The van der Waals surface area contributed by atoms with E-state index in [0.717, 1.165) is 5.56 Å². The summed E-state index contributed by atoms with van der Waals surface area (Å²) in [4.78, 5) is 12.4. The Morgan fingerprint density at radius 1 is 1.20 bits per heavy atom. The number of para-hydroxylation sites is 1. The van der Waals surface area contributed by atoms with E-state index in [4.69, 9.17) is 4.74 Å². The molecule has 0 unspecified atom stereocenters. The molecule has 3 rings (SSSR count). The van der Waals surface area contributed by atoms with Gasteiger partial charge in [-0.1, -0.05) is 24.3 Å². The molecular formula is C19H18FN3O2. The first-order valence-electron chi connectivity index (χ1n) is 7.96. The highest BCUT2D eigenvalue weighted by atomic mass is 19.1. The number of benzene rings is 2. The predicted octanol–water partition coefficient (Wildman–Crippen LogP) is 3.80. The van der Waals surface area contributed by atoms with Crippen molar-refractivity contribution in [1.29, 1.82) is 0 Å². The first kappa shape index (κ1) is 16.9. The summed E-state index contributed by atoms with van der Waals surface area (Å²) in [5, 5.41) is 7.06. The van der Waals surface area contributed by atoms with Crippen molar-refractivity contribution in [2.45, 2.75) is 13.5 Å². The van der Waals surface area contributed by atoms with Crippen molar-refractivity contribution in [3.63, 3.8) is 0 Å². The normalized spacial score (nSPS) is 10.6. The monoisotopic (exact) mass is 339 g/mol. The number of anilines is 1. The maximum Gasteiger partial charge on any atom is 0.276 e. The number of ether oxygens (including phenoxy) is 1. The van der Waals surface area contributed by atoms with Gasteiger partial charge < -0.3 is 10.1 Å². The fourth-order valence-corrected chi connectivity index (χ4v) is 2.37. The quantitative estimate of drug-likeness (QED) is 0.743. The first-order valence-corrected chi connectivity index (χ1v) is 7.96. The number of hydrogen-bond donors (Lipinski definition) is 1. The zero-order valence-electron chi connectivity index (χ0n) is 13.8. The molecule has 0 radical (unpaired) electrons. The summed E-state index contributed by atoms with van der Waals surface area (Å²) in [7, 11) is 0. The number of nitrogens with one attached hydrogen (secondary N) is 1. The maximum atomic E-state index is 13.3. The number of amides is 1. The van der Waals surface area contributed by atoms with E-state index in [1.54, 1.807) is 24.4 Å². The highest BCUT2D eigenvalue weighted by Crippen LogP contribution is 2.17. The lowest BCUT2D eigenvalue weighted by Gasteiger charge is -2.10. The smallest absolute Gasteiger partial charge is 0.276 e. The third kappa shape index (κ3) is 4.10. The first-order chi connectivity index (χ1) is 12.2. The Hall–Kier alpha value is -2.99. The fraction of sp³-hybridized carbons (Fsp3) is 0.158. The molecule has 0 saturated heterocycles. The number of carbonyl (C=O) groups is 1. The van der Waals surface area contributed by atoms with E-state index in [1.807, 2.05) is 31.2 Å². The van der Waals surface area contributed by atoms with Gasteiger partial charge in [-0.15, -0.1) is 0 Å². The molecule has 0 fully saturated rings. The summed E-state index contributed by atoms with van der Waals surface area (Å²) >= 11 is 0. The van der Waals surface area contributed by atoms with Crippen LogP contribution < -0.4 is 5.32 Å². The van der Waals surface area contributed by atoms with Crippen molar-refractivity contribution in [3.8, 4) is 5.69 Å². The van der Waals surface area contributed by atoms with Gasteiger partial charge >= 0.3 is 0 Å². The lowest BCUT2D eigenvalue weighted by atomic mass is 10.2. The second-order valence-electron chi connectivity index (χ2n) is 5.37. The van der Waals surface area contributed by atoms with E-state index < -0.39 is 0 Å². The number of carbonyl (C=O) groups excluding carboxylic acids is 1. The van der Waals surface area contributed by atoms with Crippen LogP contribution in [0.4, 0.5) is 10.1 Å². The van der Waals surface area contributed by atoms with Gasteiger partial charge in [0.15, 0.2) is 5.69 Å². The Bertz CT molecular complexity index is 876. The molecule has 1 N–H and O–H groups in total. The molecule has 5 nitrogen and oxygen atoms in total. The lowest BCUT2D eigenvalue weighted by molar-refractivity contribution is 0.102. The van der Waals surface area contributed by atoms with Gasteiger partial charge in [-0.2, -0.15) is 5.10 Å². The summed E-state index contributed by atoms with van der Waals surface area (Å²) in [6.07, 6.45) is 1.62. The van der Waals surface area contributed by atoms with Crippen LogP contribution in [0.2, 0.25) is 0 Å². The van der Waals surface area contributed by atoms with Crippen molar-refractivity contribution in [3.05, 3.63) is 77.9 Å². The van der Waals surface area contributed by atoms with Crippen LogP contribution in [0.5, 0.6) is 0 Å². The minimum atomic E-state index is -0.358. The van der Waals surface area contributed by atoms with Gasteiger partial charge in [-0.25, -0.2) is 9.07 Å². The Kier molecular flexibility index (Phi) is 5.20. The number of aromatic nitrogens is 2. The topological polar surface area (TPSA) is 56.1 Å². The molecule has 3 aromatic rings. The summed E-state index contributed by atoms with van der Waals surface area (Å²) in [5.74, 6) is -0.692. The molecule has 6 heteroatoms. The van der Waals surface area contributed by atoms with E-state index in [2.05, 4.69) is 10.4 Å². The van der Waals surface area contributed by atoms with Crippen LogP contribution >= 0.6 is 0 Å². The molecule has 0 aliphatic rings. The van der Waals surface area contributed by atoms with Gasteiger partial charge in [-0.3, -0.25) is 4.79 Å². The molecule has 0 aliphatic heterocycles. The van der Waals surface area contributed by atoms with Gasteiger partial charge in [0.25, 0.3) is 5.91 Å². The molecule has 128 valence electrons.